The second-order valence-corrected chi connectivity index (χ2v) is 8.92. The van der Waals surface area contributed by atoms with Gasteiger partial charge in [-0.2, -0.15) is 0 Å². The Kier molecular flexibility index (Phi) is 5.56. The van der Waals surface area contributed by atoms with E-state index < -0.39 is 17.2 Å². The molecule has 0 aromatic carbocycles. The van der Waals surface area contributed by atoms with Gasteiger partial charge >= 0.3 is 0 Å². The van der Waals surface area contributed by atoms with Gasteiger partial charge in [0.25, 0.3) is 0 Å². The Hall–Kier alpha value is -1.73. The van der Waals surface area contributed by atoms with Gasteiger partial charge in [0.2, 0.25) is 11.9 Å². The molecule has 4 rings (SSSR count). The second kappa shape index (κ2) is 7.95. The fourth-order valence-electron chi connectivity index (χ4n) is 5.20. The Bertz CT molecular complexity index is 671. The summed E-state index contributed by atoms with van der Waals surface area (Å²) < 4.78 is 6.14. The molecule has 2 aliphatic heterocycles. The van der Waals surface area contributed by atoms with E-state index in [4.69, 9.17) is 4.74 Å². The number of carbonyl (C=O) groups is 1. The number of aromatic nitrogens is 2. The highest BCUT2D eigenvalue weighted by atomic mass is 16.5. The highest BCUT2D eigenvalue weighted by molar-refractivity contribution is 5.77. The molecule has 1 saturated carbocycles. The van der Waals surface area contributed by atoms with Crippen LogP contribution in [0.3, 0.4) is 0 Å². The normalized spacial score (nSPS) is 30.5. The number of ether oxygens (including phenoxy) is 1. The summed E-state index contributed by atoms with van der Waals surface area (Å²) in [6.45, 7) is 3.99. The number of hydrogen-bond donors (Lipinski definition) is 2. The topological polar surface area (TPSA) is 87.6 Å². The van der Waals surface area contributed by atoms with Gasteiger partial charge in [0, 0.05) is 38.5 Å². The highest BCUT2D eigenvalue weighted by Gasteiger charge is 2.54. The quantitative estimate of drug-likeness (QED) is 0.821. The molecule has 1 aromatic heterocycles. The molecule has 3 aliphatic rings. The molecule has 28 heavy (non-hydrogen) atoms. The summed E-state index contributed by atoms with van der Waals surface area (Å²) >= 11 is 0. The number of rotatable bonds is 4. The predicted molar refractivity (Wildman–Crippen MR) is 106 cm³/mol. The van der Waals surface area contributed by atoms with Gasteiger partial charge < -0.3 is 20.1 Å². The molecule has 2 N–H and O–H groups in total. The number of aliphatic hydroxyl groups is 1. The first kappa shape index (κ1) is 19.6. The van der Waals surface area contributed by atoms with Crippen molar-refractivity contribution < 1.29 is 14.6 Å². The molecule has 2 saturated heterocycles. The SMILES string of the molecule is C[C@]1(NC(=O)CC2CCCC2)CCOC2(CCN(c3ncccn3)CC2)[C@@H]1O. The van der Waals surface area contributed by atoms with Gasteiger partial charge in [-0.3, -0.25) is 4.79 Å². The van der Waals surface area contributed by atoms with Crippen molar-refractivity contribution in [2.75, 3.05) is 24.6 Å². The molecular formula is C21H32N4O3. The highest BCUT2D eigenvalue weighted by Crippen LogP contribution is 2.40. The third-order valence-electron chi connectivity index (χ3n) is 6.93. The molecule has 154 valence electrons. The predicted octanol–water partition coefficient (Wildman–Crippen LogP) is 2.05. The van der Waals surface area contributed by atoms with E-state index in [0.717, 1.165) is 31.9 Å². The van der Waals surface area contributed by atoms with E-state index in [1.54, 1.807) is 12.4 Å². The number of hydrogen-bond acceptors (Lipinski definition) is 6. The zero-order chi connectivity index (χ0) is 19.6. The maximum atomic E-state index is 12.6. The van der Waals surface area contributed by atoms with Crippen LogP contribution in [0.5, 0.6) is 0 Å². The molecule has 1 aliphatic carbocycles. The van der Waals surface area contributed by atoms with Gasteiger partial charge in [0.15, 0.2) is 0 Å². The maximum Gasteiger partial charge on any atom is 0.225 e. The molecule has 3 fully saturated rings. The molecule has 3 heterocycles. The molecular weight excluding hydrogens is 356 g/mol. The summed E-state index contributed by atoms with van der Waals surface area (Å²) in [7, 11) is 0. The minimum absolute atomic E-state index is 0.0700. The van der Waals surface area contributed by atoms with E-state index in [9.17, 15) is 9.90 Å². The van der Waals surface area contributed by atoms with Crippen molar-refractivity contribution in [1.82, 2.24) is 15.3 Å². The Morgan fingerprint density at radius 1 is 1.25 bits per heavy atom. The van der Waals surface area contributed by atoms with Crippen LogP contribution < -0.4 is 10.2 Å². The van der Waals surface area contributed by atoms with Crippen LogP contribution in [-0.4, -0.2) is 57.9 Å². The van der Waals surface area contributed by atoms with Crippen LogP contribution in [0.2, 0.25) is 0 Å². The molecule has 0 radical (unpaired) electrons. The lowest BCUT2D eigenvalue weighted by Gasteiger charge is -2.53. The van der Waals surface area contributed by atoms with Gasteiger partial charge in [-0.05, 0) is 51.0 Å². The Balaban J connectivity index is 1.39. The van der Waals surface area contributed by atoms with Crippen LogP contribution >= 0.6 is 0 Å². The second-order valence-electron chi connectivity index (χ2n) is 8.92. The smallest absolute Gasteiger partial charge is 0.225 e. The minimum Gasteiger partial charge on any atom is -0.388 e. The molecule has 0 bridgehead atoms. The third kappa shape index (κ3) is 3.87. The van der Waals surface area contributed by atoms with Crippen LogP contribution in [-0.2, 0) is 9.53 Å². The summed E-state index contributed by atoms with van der Waals surface area (Å²) in [6.07, 6.45) is 10.1. The fraction of sp³-hybridized carbons (Fsp3) is 0.762. The van der Waals surface area contributed by atoms with Crippen molar-refractivity contribution >= 4 is 11.9 Å². The largest absolute Gasteiger partial charge is 0.388 e. The lowest BCUT2D eigenvalue weighted by Crippen LogP contribution is -2.69. The summed E-state index contributed by atoms with van der Waals surface area (Å²) in [4.78, 5) is 23.4. The first-order valence-electron chi connectivity index (χ1n) is 10.7. The van der Waals surface area contributed by atoms with E-state index >= 15 is 0 Å². The molecule has 2 atom stereocenters. The van der Waals surface area contributed by atoms with Crippen molar-refractivity contribution in [3.8, 4) is 0 Å². The van der Waals surface area contributed by atoms with Gasteiger partial charge in [0.1, 0.15) is 6.10 Å². The Morgan fingerprint density at radius 2 is 1.93 bits per heavy atom. The summed E-state index contributed by atoms with van der Waals surface area (Å²) in [6, 6.07) is 1.81. The average molecular weight is 389 g/mol. The van der Waals surface area contributed by atoms with E-state index in [-0.39, 0.29) is 5.91 Å². The van der Waals surface area contributed by atoms with Crippen molar-refractivity contribution in [2.45, 2.75) is 75.5 Å². The first-order valence-corrected chi connectivity index (χ1v) is 10.7. The fourth-order valence-corrected chi connectivity index (χ4v) is 5.20. The van der Waals surface area contributed by atoms with Crippen molar-refractivity contribution in [2.24, 2.45) is 5.92 Å². The van der Waals surface area contributed by atoms with Crippen LogP contribution in [0.25, 0.3) is 0 Å². The lowest BCUT2D eigenvalue weighted by atomic mass is 9.73. The molecule has 7 heteroatoms. The van der Waals surface area contributed by atoms with Crippen molar-refractivity contribution in [3.63, 3.8) is 0 Å². The Morgan fingerprint density at radius 3 is 2.61 bits per heavy atom. The van der Waals surface area contributed by atoms with E-state index in [0.29, 0.717) is 38.2 Å². The number of nitrogens with one attached hydrogen (secondary N) is 1. The monoisotopic (exact) mass is 388 g/mol. The summed E-state index contributed by atoms with van der Waals surface area (Å²) in [5.74, 6) is 1.29. The molecule has 0 unspecified atom stereocenters. The van der Waals surface area contributed by atoms with E-state index in [2.05, 4.69) is 20.2 Å². The van der Waals surface area contributed by atoms with E-state index in [1.807, 2.05) is 13.0 Å². The number of anilines is 1. The van der Waals surface area contributed by atoms with E-state index in [1.165, 1.54) is 12.8 Å². The maximum absolute atomic E-state index is 12.6. The van der Waals surface area contributed by atoms with Gasteiger partial charge in [-0.25, -0.2) is 9.97 Å². The van der Waals surface area contributed by atoms with Crippen LogP contribution in [0.15, 0.2) is 18.5 Å². The summed E-state index contributed by atoms with van der Waals surface area (Å²) in [5.41, 5.74) is -1.25. The van der Waals surface area contributed by atoms with Crippen LogP contribution in [0.1, 0.15) is 58.3 Å². The number of piperidine rings is 1. The number of carbonyl (C=O) groups excluding carboxylic acids is 1. The molecule has 1 spiro atoms. The molecule has 1 amide bonds. The number of nitrogens with zero attached hydrogens (tertiary/aromatic N) is 3. The standard InChI is InChI=1S/C21H32N4O3/c1-20(24-17(26)15-16-5-2-3-6-16)9-14-28-21(18(20)27)7-12-25(13-8-21)19-22-10-4-11-23-19/h4,10-11,16,18,27H,2-3,5-9,12-15H2,1H3,(H,24,26)/t18-,20+/m1/s1. The van der Waals surface area contributed by atoms with Crippen molar-refractivity contribution in [1.29, 1.82) is 0 Å². The molecule has 7 nitrogen and oxygen atoms in total. The zero-order valence-electron chi connectivity index (χ0n) is 16.8. The minimum atomic E-state index is -0.722. The van der Waals surface area contributed by atoms with Crippen molar-refractivity contribution in [3.05, 3.63) is 18.5 Å². The summed E-state index contributed by atoms with van der Waals surface area (Å²) in [5, 5.41) is 14.5. The Labute approximate surface area is 166 Å². The third-order valence-corrected chi connectivity index (χ3v) is 6.93. The van der Waals surface area contributed by atoms with Crippen LogP contribution in [0.4, 0.5) is 5.95 Å². The van der Waals surface area contributed by atoms with Gasteiger partial charge in [-0.1, -0.05) is 12.8 Å². The average Bonchev–Trinajstić information content (AvgIpc) is 3.20. The van der Waals surface area contributed by atoms with Gasteiger partial charge in [-0.15, -0.1) is 0 Å². The van der Waals surface area contributed by atoms with Crippen LogP contribution in [0, 0.1) is 5.92 Å². The molecule has 1 aromatic rings. The number of aliphatic hydroxyl groups excluding tert-OH is 1. The zero-order valence-corrected chi connectivity index (χ0v) is 16.8. The lowest BCUT2D eigenvalue weighted by molar-refractivity contribution is -0.198. The first-order chi connectivity index (χ1) is 13.5. The van der Waals surface area contributed by atoms with Gasteiger partial charge in [0.05, 0.1) is 11.1 Å². The number of amides is 1.